The van der Waals surface area contributed by atoms with Crippen LogP contribution < -0.4 is 15.0 Å². The highest BCUT2D eigenvalue weighted by molar-refractivity contribution is 6.36. The van der Waals surface area contributed by atoms with Gasteiger partial charge in [0.05, 0.1) is 28.4 Å². The number of halogens is 4. The van der Waals surface area contributed by atoms with Crippen molar-refractivity contribution in [2.75, 3.05) is 25.1 Å². The van der Waals surface area contributed by atoms with Gasteiger partial charge in [0.1, 0.15) is 11.6 Å². The van der Waals surface area contributed by atoms with E-state index in [2.05, 4.69) is 10.2 Å². The highest BCUT2D eigenvalue weighted by Crippen LogP contribution is 2.33. The van der Waals surface area contributed by atoms with E-state index in [1.54, 1.807) is 19.2 Å². The number of carbonyl (C=O) groups is 1. The molecule has 0 saturated carbocycles. The van der Waals surface area contributed by atoms with Crippen LogP contribution in [0.1, 0.15) is 16.8 Å². The van der Waals surface area contributed by atoms with Gasteiger partial charge in [-0.1, -0.05) is 34.8 Å². The Balaban J connectivity index is 1.71. The summed E-state index contributed by atoms with van der Waals surface area (Å²) < 4.78 is 19.0. The van der Waals surface area contributed by atoms with Crippen molar-refractivity contribution >= 4 is 46.4 Å². The largest absolute Gasteiger partial charge is 0.495 e. The fourth-order valence-electron chi connectivity index (χ4n) is 2.97. The molecule has 0 spiro atoms. The summed E-state index contributed by atoms with van der Waals surface area (Å²) in [4.78, 5) is 14.5. The standard InChI is InChI=1S/C18H16Cl3FN2O2/c1-26-17-3-2-10(19)6-16(17)24-5-4-11(9-24)23-18(25)12-7-15(22)14(21)8-13(12)20/h2-3,6-8,11H,4-5,9H2,1H3,(H,23,25). The van der Waals surface area contributed by atoms with Gasteiger partial charge in [-0.25, -0.2) is 4.39 Å². The zero-order valence-electron chi connectivity index (χ0n) is 13.9. The molecule has 1 aliphatic heterocycles. The number of methoxy groups -OCH3 is 1. The number of carbonyl (C=O) groups excluding carboxylic acids is 1. The lowest BCUT2D eigenvalue weighted by Crippen LogP contribution is -2.37. The number of benzene rings is 2. The summed E-state index contributed by atoms with van der Waals surface area (Å²) in [6.45, 7) is 1.31. The van der Waals surface area contributed by atoms with Gasteiger partial charge in [0.25, 0.3) is 5.91 Å². The molecule has 1 amide bonds. The van der Waals surface area contributed by atoms with Gasteiger partial charge in [0.15, 0.2) is 0 Å². The van der Waals surface area contributed by atoms with Gasteiger partial charge in [0.2, 0.25) is 0 Å². The second-order valence-electron chi connectivity index (χ2n) is 5.97. The first-order valence-corrected chi connectivity index (χ1v) is 9.06. The minimum Gasteiger partial charge on any atom is -0.495 e. The molecule has 4 nitrogen and oxygen atoms in total. The summed E-state index contributed by atoms with van der Waals surface area (Å²) >= 11 is 17.8. The predicted molar refractivity (Wildman–Crippen MR) is 103 cm³/mol. The molecule has 1 atom stereocenters. The van der Waals surface area contributed by atoms with Gasteiger partial charge in [-0.3, -0.25) is 4.79 Å². The molecular formula is C18H16Cl3FN2O2. The molecule has 1 aliphatic rings. The highest BCUT2D eigenvalue weighted by Gasteiger charge is 2.27. The molecule has 0 aromatic heterocycles. The molecule has 2 aromatic carbocycles. The Morgan fingerprint density at radius 1 is 1.23 bits per heavy atom. The number of anilines is 1. The van der Waals surface area contributed by atoms with E-state index >= 15 is 0 Å². The number of hydrogen-bond acceptors (Lipinski definition) is 3. The van der Waals surface area contributed by atoms with Gasteiger partial charge >= 0.3 is 0 Å². The monoisotopic (exact) mass is 416 g/mol. The lowest BCUT2D eigenvalue weighted by Gasteiger charge is -2.22. The van der Waals surface area contributed by atoms with Gasteiger partial charge in [-0.15, -0.1) is 0 Å². The van der Waals surface area contributed by atoms with Crippen LogP contribution >= 0.6 is 34.8 Å². The van der Waals surface area contributed by atoms with E-state index in [1.165, 1.54) is 6.07 Å². The molecule has 138 valence electrons. The Hall–Kier alpha value is -1.69. The number of nitrogens with zero attached hydrogens (tertiary/aromatic N) is 1. The van der Waals surface area contributed by atoms with Crippen molar-refractivity contribution in [3.63, 3.8) is 0 Å². The fraction of sp³-hybridized carbons (Fsp3) is 0.278. The molecule has 26 heavy (non-hydrogen) atoms. The molecule has 0 aliphatic carbocycles. The first kappa shape index (κ1) is 19.1. The lowest BCUT2D eigenvalue weighted by molar-refractivity contribution is 0.0940. The lowest BCUT2D eigenvalue weighted by atomic mass is 10.1. The van der Waals surface area contributed by atoms with Crippen molar-refractivity contribution in [2.24, 2.45) is 0 Å². The summed E-state index contributed by atoms with van der Waals surface area (Å²) in [6.07, 6.45) is 0.731. The van der Waals surface area contributed by atoms with Crippen LogP contribution in [0.15, 0.2) is 30.3 Å². The minimum atomic E-state index is -0.682. The van der Waals surface area contributed by atoms with Crippen molar-refractivity contribution in [1.82, 2.24) is 5.32 Å². The van der Waals surface area contributed by atoms with Gasteiger partial charge in [-0.05, 0) is 36.8 Å². The van der Waals surface area contributed by atoms with Crippen LogP contribution in [0.5, 0.6) is 5.75 Å². The average molecular weight is 418 g/mol. The van der Waals surface area contributed by atoms with Crippen LogP contribution in [-0.2, 0) is 0 Å². The smallest absolute Gasteiger partial charge is 0.253 e. The molecule has 3 rings (SSSR count). The van der Waals surface area contributed by atoms with E-state index < -0.39 is 11.7 Å². The third-order valence-corrected chi connectivity index (χ3v) is 5.10. The van der Waals surface area contributed by atoms with E-state index in [-0.39, 0.29) is 21.7 Å². The highest BCUT2D eigenvalue weighted by atomic mass is 35.5. The van der Waals surface area contributed by atoms with Crippen molar-refractivity contribution in [3.05, 3.63) is 56.8 Å². The van der Waals surface area contributed by atoms with Crippen LogP contribution in [0.3, 0.4) is 0 Å². The van der Waals surface area contributed by atoms with Crippen molar-refractivity contribution in [2.45, 2.75) is 12.5 Å². The van der Waals surface area contributed by atoms with Crippen molar-refractivity contribution < 1.29 is 13.9 Å². The Kier molecular flexibility index (Phi) is 5.80. The topological polar surface area (TPSA) is 41.6 Å². The summed E-state index contributed by atoms with van der Waals surface area (Å²) in [7, 11) is 1.60. The van der Waals surface area contributed by atoms with E-state index in [0.717, 1.165) is 24.7 Å². The maximum absolute atomic E-state index is 13.6. The van der Waals surface area contributed by atoms with E-state index in [4.69, 9.17) is 39.5 Å². The summed E-state index contributed by atoms with van der Waals surface area (Å²) in [5.74, 6) is -0.405. The zero-order valence-corrected chi connectivity index (χ0v) is 16.1. The number of rotatable bonds is 4. The summed E-state index contributed by atoms with van der Waals surface area (Å²) in [6, 6.07) is 7.56. The van der Waals surface area contributed by atoms with Crippen molar-refractivity contribution in [3.8, 4) is 5.75 Å². The van der Waals surface area contributed by atoms with Crippen LogP contribution in [0.4, 0.5) is 10.1 Å². The first-order chi connectivity index (χ1) is 12.4. The number of hydrogen-bond donors (Lipinski definition) is 1. The first-order valence-electron chi connectivity index (χ1n) is 7.93. The van der Waals surface area contributed by atoms with E-state index in [0.29, 0.717) is 17.3 Å². The van der Waals surface area contributed by atoms with Crippen LogP contribution in [-0.4, -0.2) is 32.1 Å². The SMILES string of the molecule is COc1ccc(Cl)cc1N1CCC(NC(=O)c2cc(F)c(Cl)cc2Cl)C1. The second-order valence-corrected chi connectivity index (χ2v) is 7.22. The molecule has 1 fully saturated rings. The van der Waals surface area contributed by atoms with E-state index in [1.807, 2.05) is 6.07 Å². The maximum Gasteiger partial charge on any atom is 0.253 e. The zero-order chi connectivity index (χ0) is 18.8. The molecule has 1 N–H and O–H groups in total. The molecular weight excluding hydrogens is 402 g/mol. The summed E-state index contributed by atoms with van der Waals surface area (Å²) in [5.41, 5.74) is 0.930. The summed E-state index contributed by atoms with van der Waals surface area (Å²) in [5, 5.41) is 3.49. The fourth-order valence-corrected chi connectivity index (χ4v) is 3.60. The Labute approximate surface area is 165 Å². The molecule has 2 aromatic rings. The van der Waals surface area contributed by atoms with Crippen LogP contribution in [0.25, 0.3) is 0 Å². The van der Waals surface area contributed by atoms with Gasteiger partial charge in [0, 0.05) is 24.2 Å². The average Bonchev–Trinajstić information content (AvgIpc) is 3.06. The quantitative estimate of drug-likeness (QED) is 0.726. The molecule has 1 saturated heterocycles. The Morgan fingerprint density at radius 3 is 2.73 bits per heavy atom. The number of nitrogens with one attached hydrogen (secondary N) is 1. The molecule has 0 radical (unpaired) electrons. The maximum atomic E-state index is 13.6. The molecule has 0 bridgehead atoms. The number of amides is 1. The van der Waals surface area contributed by atoms with Crippen molar-refractivity contribution in [1.29, 1.82) is 0 Å². The number of ether oxygens (including phenoxy) is 1. The third-order valence-electron chi connectivity index (χ3n) is 4.26. The normalized spacial score (nSPS) is 16.7. The molecule has 1 heterocycles. The van der Waals surface area contributed by atoms with Crippen LogP contribution in [0.2, 0.25) is 15.1 Å². The minimum absolute atomic E-state index is 0.0624. The van der Waals surface area contributed by atoms with Gasteiger partial charge < -0.3 is 15.0 Å². The predicted octanol–water partition coefficient (Wildman–Crippen LogP) is 4.80. The molecule has 1 unspecified atom stereocenters. The Bertz CT molecular complexity index is 847. The van der Waals surface area contributed by atoms with Crippen LogP contribution in [0, 0.1) is 5.82 Å². The molecule has 8 heteroatoms. The second kappa shape index (κ2) is 7.91. The third kappa shape index (κ3) is 4.00. The van der Waals surface area contributed by atoms with Gasteiger partial charge in [-0.2, -0.15) is 0 Å². The van der Waals surface area contributed by atoms with E-state index in [9.17, 15) is 9.18 Å². The Morgan fingerprint density at radius 2 is 2.00 bits per heavy atom.